The third-order valence-electron chi connectivity index (χ3n) is 5.06. The number of rotatable bonds is 6. The maximum Gasteiger partial charge on any atom is 0.243 e. The minimum Gasteiger partial charge on any atom is -0.496 e. The third-order valence-corrected chi connectivity index (χ3v) is 7.93. The highest BCUT2D eigenvalue weighted by Crippen LogP contribution is 2.27. The van der Waals surface area contributed by atoms with E-state index in [1.165, 1.54) is 28.6 Å². The average Bonchev–Trinajstić information content (AvgIpc) is 3.23. The van der Waals surface area contributed by atoms with Gasteiger partial charge in [-0.05, 0) is 30.3 Å². The molecule has 4 rings (SSSR count). The van der Waals surface area contributed by atoms with Crippen LogP contribution >= 0.6 is 11.3 Å². The van der Waals surface area contributed by atoms with Crippen molar-refractivity contribution in [1.82, 2.24) is 9.29 Å². The molecule has 0 N–H and O–H groups in total. The van der Waals surface area contributed by atoms with Gasteiger partial charge in [0.2, 0.25) is 10.0 Å². The second-order valence-corrected chi connectivity index (χ2v) is 9.73. The summed E-state index contributed by atoms with van der Waals surface area (Å²) in [6.45, 7) is 1.84. The predicted octanol–water partition coefficient (Wildman–Crippen LogP) is 3.39. The topological polar surface area (TPSA) is 62.7 Å². The summed E-state index contributed by atoms with van der Waals surface area (Å²) < 4.78 is 45.5. The first-order valence-electron chi connectivity index (χ1n) is 9.54. The normalized spacial score (nSPS) is 15.3. The van der Waals surface area contributed by atoms with Crippen molar-refractivity contribution in [2.45, 2.75) is 11.3 Å². The van der Waals surface area contributed by atoms with Gasteiger partial charge in [-0.3, -0.25) is 0 Å². The number of hydrogen-bond donors (Lipinski definition) is 0. The summed E-state index contributed by atoms with van der Waals surface area (Å²) in [5, 5.41) is 2.92. The Bertz CT molecular complexity index is 1110. The zero-order chi connectivity index (χ0) is 21.1. The first-order valence-corrected chi connectivity index (χ1v) is 11.9. The van der Waals surface area contributed by atoms with Crippen molar-refractivity contribution in [3.05, 3.63) is 71.0 Å². The lowest BCUT2D eigenvalue weighted by Crippen LogP contribution is -2.48. The van der Waals surface area contributed by atoms with Gasteiger partial charge in [0, 0.05) is 43.5 Å². The quantitative estimate of drug-likeness (QED) is 0.580. The molecule has 1 saturated heterocycles. The van der Waals surface area contributed by atoms with Crippen LogP contribution in [0.3, 0.4) is 0 Å². The molecule has 0 aliphatic carbocycles. The lowest BCUT2D eigenvalue weighted by molar-refractivity contribution is 0.384. The highest BCUT2D eigenvalue weighted by atomic mass is 32.2. The van der Waals surface area contributed by atoms with E-state index in [4.69, 9.17) is 9.72 Å². The molecule has 0 radical (unpaired) electrons. The SMILES string of the molecule is COc1ccccc1Cc1csc(N2CCN(S(=O)(=O)c3ccc(F)cc3)CC2)n1. The van der Waals surface area contributed by atoms with Crippen molar-refractivity contribution in [3.8, 4) is 5.75 Å². The summed E-state index contributed by atoms with van der Waals surface area (Å²) in [5.74, 6) is 0.387. The number of aromatic nitrogens is 1. The summed E-state index contributed by atoms with van der Waals surface area (Å²) >= 11 is 1.56. The van der Waals surface area contributed by atoms with Crippen LogP contribution in [0.15, 0.2) is 58.8 Å². The minimum atomic E-state index is -3.62. The second kappa shape index (κ2) is 8.71. The van der Waals surface area contributed by atoms with E-state index in [1.54, 1.807) is 18.4 Å². The Morgan fingerprint density at radius 3 is 2.47 bits per heavy atom. The highest BCUT2D eigenvalue weighted by molar-refractivity contribution is 7.89. The van der Waals surface area contributed by atoms with Gasteiger partial charge in [0.25, 0.3) is 0 Å². The van der Waals surface area contributed by atoms with Crippen LogP contribution in [0.25, 0.3) is 0 Å². The van der Waals surface area contributed by atoms with Crippen LogP contribution in [0, 0.1) is 5.82 Å². The number of sulfonamides is 1. The molecule has 0 amide bonds. The Hall–Kier alpha value is -2.49. The molecule has 6 nitrogen and oxygen atoms in total. The van der Waals surface area contributed by atoms with Gasteiger partial charge in [0.05, 0.1) is 17.7 Å². The molecule has 0 unspecified atom stereocenters. The van der Waals surface area contributed by atoms with Crippen LogP contribution in [0.5, 0.6) is 5.75 Å². The number of methoxy groups -OCH3 is 1. The molecule has 1 aromatic heterocycles. The summed E-state index contributed by atoms with van der Waals surface area (Å²) in [6, 6.07) is 12.8. The number of anilines is 1. The fourth-order valence-corrected chi connectivity index (χ4v) is 5.74. The molecule has 158 valence electrons. The first-order chi connectivity index (χ1) is 14.5. The minimum absolute atomic E-state index is 0.116. The fraction of sp³-hybridized carbons (Fsp3) is 0.286. The number of thiazole rings is 1. The van der Waals surface area contributed by atoms with Gasteiger partial charge in [0.1, 0.15) is 11.6 Å². The summed E-state index contributed by atoms with van der Waals surface area (Å²) in [4.78, 5) is 6.96. The predicted molar refractivity (Wildman–Crippen MR) is 115 cm³/mol. The van der Waals surface area contributed by atoms with E-state index in [2.05, 4.69) is 4.90 Å². The van der Waals surface area contributed by atoms with Crippen LogP contribution < -0.4 is 9.64 Å². The van der Waals surface area contributed by atoms with E-state index in [0.717, 1.165) is 22.1 Å². The summed E-state index contributed by atoms with van der Waals surface area (Å²) in [5.41, 5.74) is 2.04. The van der Waals surface area contributed by atoms with E-state index in [0.29, 0.717) is 32.6 Å². The molecule has 0 saturated carbocycles. The Morgan fingerprint density at radius 2 is 1.77 bits per heavy atom. The van der Waals surface area contributed by atoms with Crippen LogP contribution in [-0.2, 0) is 16.4 Å². The van der Waals surface area contributed by atoms with E-state index >= 15 is 0 Å². The van der Waals surface area contributed by atoms with Crippen molar-refractivity contribution in [1.29, 1.82) is 0 Å². The van der Waals surface area contributed by atoms with Crippen LogP contribution in [0.2, 0.25) is 0 Å². The van der Waals surface area contributed by atoms with E-state index in [1.807, 2.05) is 29.6 Å². The lowest BCUT2D eigenvalue weighted by atomic mass is 10.1. The maximum atomic E-state index is 13.1. The first kappa shape index (κ1) is 20.8. The van der Waals surface area contributed by atoms with Crippen LogP contribution in [-0.4, -0.2) is 51.0 Å². The lowest BCUT2D eigenvalue weighted by Gasteiger charge is -2.33. The number of benzene rings is 2. The average molecular weight is 448 g/mol. The van der Waals surface area contributed by atoms with Gasteiger partial charge < -0.3 is 9.64 Å². The van der Waals surface area contributed by atoms with Crippen LogP contribution in [0.1, 0.15) is 11.3 Å². The molecule has 0 bridgehead atoms. The Kier molecular flexibility index (Phi) is 6.03. The molecule has 1 aliphatic heterocycles. The van der Waals surface area contributed by atoms with Crippen molar-refractivity contribution in [3.63, 3.8) is 0 Å². The maximum absolute atomic E-state index is 13.1. The smallest absolute Gasteiger partial charge is 0.243 e. The van der Waals surface area contributed by atoms with Gasteiger partial charge in [-0.25, -0.2) is 17.8 Å². The van der Waals surface area contributed by atoms with Crippen molar-refractivity contribution < 1.29 is 17.5 Å². The summed E-state index contributed by atoms with van der Waals surface area (Å²) in [7, 11) is -1.96. The largest absolute Gasteiger partial charge is 0.496 e. The standard InChI is InChI=1S/C21H22FN3O3S2/c1-28-20-5-3-2-4-16(20)14-18-15-29-21(23-18)24-10-12-25(13-11-24)30(26,27)19-8-6-17(22)7-9-19/h2-9,15H,10-14H2,1H3. The number of para-hydroxylation sites is 1. The number of halogens is 1. The Morgan fingerprint density at radius 1 is 1.07 bits per heavy atom. The van der Waals surface area contributed by atoms with E-state index < -0.39 is 15.8 Å². The number of piperazine rings is 1. The van der Waals surface area contributed by atoms with Crippen molar-refractivity contribution in [2.75, 3.05) is 38.2 Å². The number of hydrogen-bond acceptors (Lipinski definition) is 6. The number of ether oxygens (including phenoxy) is 1. The molecule has 3 aromatic rings. The molecule has 0 spiro atoms. The monoisotopic (exact) mass is 447 g/mol. The highest BCUT2D eigenvalue weighted by Gasteiger charge is 2.29. The molecule has 1 fully saturated rings. The zero-order valence-corrected chi connectivity index (χ0v) is 18.1. The molecule has 1 aliphatic rings. The fourth-order valence-electron chi connectivity index (χ4n) is 3.44. The molecule has 30 heavy (non-hydrogen) atoms. The summed E-state index contributed by atoms with van der Waals surface area (Å²) in [6.07, 6.45) is 0.680. The molecule has 2 aromatic carbocycles. The van der Waals surface area contributed by atoms with Crippen molar-refractivity contribution in [2.24, 2.45) is 0 Å². The number of nitrogens with zero attached hydrogens (tertiary/aromatic N) is 3. The van der Waals surface area contributed by atoms with Crippen LogP contribution in [0.4, 0.5) is 9.52 Å². The van der Waals surface area contributed by atoms with E-state index in [-0.39, 0.29) is 4.90 Å². The van der Waals surface area contributed by atoms with Gasteiger partial charge in [-0.2, -0.15) is 4.31 Å². The zero-order valence-electron chi connectivity index (χ0n) is 16.5. The van der Waals surface area contributed by atoms with Gasteiger partial charge in [-0.1, -0.05) is 18.2 Å². The van der Waals surface area contributed by atoms with Crippen molar-refractivity contribution >= 4 is 26.5 Å². The Balaban J connectivity index is 1.40. The van der Waals surface area contributed by atoms with Gasteiger partial charge >= 0.3 is 0 Å². The van der Waals surface area contributed by atoms with Gasteiger partial charge in [-0.15, -0.1) is 11.3 Å². The van der Waals surface area contributed by atoms with Gasteiger partial charge in [0.15, 0.2) is 5.13 Å². The molecule has 9 heteroatoms. The molecular formula is C21H22FN3O3S2. The van der Waals surface area contributed by atoms with E-state index in [9.17, 15) is 12.8 Å². The molecule has 2 heterocycles. The Labute approximate surface area is 179 Å². The molecule has 0 atom stereocenters. The second-order valence-electron chi connectivity index (χ2n) is 6.96. The molecular weight excluding hydrogens is 425 g/mol. The third kappa shape index (κ3) is 4.33.